The van der Waals surface area contributed by atoms with Crippen molar-refractivity contribution in [2.24, 2.45) is 0 Å². The van der Waals surface area contributed by atoms with Crippen molar-refractivity contribution in [3.63, 3.8) is 0 Å². The maximum absolute atomic E-state index is 12.4. The first-order chi connectivity index (χ1) is 15.9. The number of amides is 1. The van der Waals surface area contributed by atoms with Crippen LogP contribution < -0.4 is 10.2 Å². The molecule has 2 aromatic rings. The van der Waals surface area contributed by atoms with Gasteiger partial charge in [0.05, 0.1) is 13.2 Å². The first-order valence-electron chi connectivity index (χ1n) is 11.1. The Balaban J connectivity index is 1.56. The van der Waals surface area contributed by atoms with E-state index in [1.54, 1.807) is 12.1 Å². The van der Waals surface area contributed by atoms with Crippen LogP contribution >= 0.6 is 0 Å². The summed E-state index contributed by atoms with van der Waals surface area (Å²) in [6.45, 7) is 9.49. The van der Waals surface area contributed by atoms with Gasteiger partial charge in [-0.25, -0.2) is 4.79 Å². The van der Waals surface area contributed by atoms with Crippen LogP contribution in [-0.4, -0.2) is 49.4 Å². The molecule has 1 amide bonds. The van der Waals surface area contributed by atoms with Gasteiger partial charge in [0.1, 0.15) is 11.6 Å². The van der Waals surface area contributed by atoms with E-state index in [0.29, 0.717) is 18.9 Å². The lowest BCUT2D eigenvalue weighted by atomic mass is 10.1. The molecule has 8 nitrogen and oxygen atoms in total. The van der Waals surface area contributed by atoms with Crippen molar-refractivity contribution in [2.75, 3.05) is 43.1 Å². The quantitative estimate of drug-likeness (QED) is 0.376. The van der Waals surface area contributed by atoms with Crippen LogP contribution in [0.3, 0.4) is 0 Å². The molecule has 0 unspecified atom stereocenters. The lowest BCUT2D eigenvalue weighted by Gasteiger charge is -2.28. The maximum atomic E-state index is 12.4. The number of aromatic nitrogens is 1. The van der Waals surface area contributed by atoms with E-state index in [2.05, 4.69) is 21.7 Å². The van der Waals surface area contributed by atoms with Crippen molar-refractivity contribution in [1.82, 2.24) is 4.57 Å². The van der Waals surface area contributed by atoms with Crippen LogP contribution in [0.25, 0.3) is 6.08 Å². The number of ether oxygens (including phenoxy) is 2. The molecule has 0 atom stereocenters. The Morgan fingerprint density at radius 3 is 2.55 bits per heavy atom. The fraction of sp³-hybridized carbons (Fsp3) is 0.400. The predicted octanol–water partition coefficient (Wildman–Crippen LogP) is 3.44. The van der Waals surface area contributed by atoms with Gasteiger partial charge in [-0.3, -0.25) is 4.79 Å². The molecular weight excluding hydrogens is 420 g/mol. The summed E-state index contributed by atoms with van der Waals surface area (Å²) < 4.78 is 12.6. The Morgan fingerprint density at radius 2 is 1.91 bits per heavy atom. The van der Waals surface area contributed by atoms with E-state index in [9.17, 15) is 14.9 Å². The summed E-state index contributed by atoms with van der Waals surface area (Å²) in [7, 11) is 0. The Morgan fingerprint density at radius 1 is 1.21 bits per heavy atom. The molecule has 3 rings (SSSR count). The first-order valence-corrected chi connectivity index (χ1v) is 11.1. The minimum absolute atomic E-state index is 0.144. The van der Waals surface area contributed by atoms with E-state index in [4.69, 9.17) is 9.47 Å². The average Bonchev–Trinajstić information content (AvgIpc) is 3.09. The van der Waals surface area contributed by atoms with Crippen molar-refractivity contribution < 1.29 is 19.1 Å². The SMILES string of the molecule is CCCn1c(C)cc(/C=C(\C#N)C(=O)OCC(=O)Nc2ccc(N3CCOCC3)cc2)c1C. The van der Waals surface area contributed by atoms with Gasteiger partial charge in [0.25, 0.3) is 5.91 Å². The zero-order chi connectivity index (χ0) is 23.8. The van der Waals surface area contributed by atoms with Crippen LogP contribution in [0.5, 0.6) is 0 Å². The van der Waals surface area contributed by atoms with Gasteiger partial charge in [-0.15, -0.1) is 0 Å². The highest BCUT2D eigenvalue weighted by molar-refractivity contribution is 6.00. The molecule has 0 aliphatic carbocycles. The predicted molar refractivity (Wildman–Crippen MR) is 127 cm³/mol. The molecule has 0 spiro atoms. The third-order valence-corrected chi connectivity index (χ3v) is 5.56. The van der Waals surface area contributed by atoms with E-state index in [1.165, 1.54) is 6.08 Å². The summed E-state index contributed by atoms with van der Waals surface area (Å²) in [5.74, 6) is -1.29. The highest BCUT2D eigenvalue weighted by atomic mass is 16.5. The van der Waals surface area contributed by atoms with E-state index < -0.39 is 18.5 Å². The van der Waals surface area contributed by atoms with Gasteiger partial charge in [-0.1, -0.05) is 6.92 Å². The molecule has 174 valence electrons. The Bertz CT molecular complexity index is 1060. The molecule has 0 bridgehead atoms. The molecule has 1 aromatic heterocycles. The zero-order valence-corrected chi connectivity index (χ0v) is 19.4. The lowest BCUT2D eigenvalue weighted by Crippen LogP contribution is -2.36. The standard InChI is InChI=1S/C25H30N4O4/c1-4-9-29-18(2)14-20(19(29)3)15-21(16-26)25(31)33-17-24(30)27-22-5-7-23(8-6-22)28-10-12-32-13-11-28/h5-8,14-15H,4,9-13,17H2,1-3H3,(H,27,30)/b21-15+. The molecular formula is C25H30N4O4. The maximum Gasteiger partial charge on any atom is 0.349 e. The number of rotatable bonds is 8. The molecule has 1 aromatic carbocycles. The van der Waals surface area contributed by atoms with Gasteiger partial charge in [-0.05, 0) is 62.2 Å². The molecule has 2 heterocycles. The van der Waals surface area contributed by atoms with E-state index in [0.717, 1.165) is 48.7 Å². The van der Waals surface area contributed by atoms with Crippen LogP contribution in [0.1, 0.15) is 30.3 Å². The van der Waals surface area contributed by atoms with E-state index in [-0.39, 0.29) is 5.57 Å². The van der Waals surface area contributed by atoms with Crippen molar-refractivity contribution in [3.05, 3.63) is 52.9 Å². The van der Waals surface area contributed by atoms with Crippen LogP contribution in [0.15, 0.2) is 35.9 Å². The van der Waals surface area contributed by atoms with Crippen molar-refractivity contribution in [2.45, 2.75) is 33.7 Å². The average molecular weight is 451 g/mol. The third-order valence-electron chi connectivity index (χ3n) is 5.56. The summed E-state index contributed by atoms with van der Waals surface area (Å²) in [5.41, 5.74) is 4.35. The van der Waals surface area contributed by atoms with E-state index >= 15 is 0 Å². The second kappa shape index (κ2) is 11.3. The Labute approximate surface area is 194 Å². The van der Waals surface area contributed by atoms with Gasteiger partial charge >= 0.3 is 5.97 Å². The van der Waals surface area contributed by atoms with Crippen LogP contribution in [0, 0.1) is 25.2 Å². The number of esters is 1. The fourth-order valence-corrected chi connectivity index (χ4v) is 3.82. The molecule has 1 aliphatic rings. The topological polar surface area (TPSA) is 96.6 Å². The first kappa shape index (κ1) is 24.1. The molecule has 8 heteroatoms. The molecule has 1 saturated heterocycles. The minimum Gasteiger partial charge on any atom is -0.451 e. The van der Waals surface area contributed by atoms with Crippen LogP contribution in [0.4, 0.5) is 11.4 Å². The number of hydrogen-bond donors (Lipinski definition) is 1. The number of morpholine rings is 1. The smallest absolute Gasteiger partial charge is 0.349 e. The Kier molecular flexibility index (Phi) is 8.28. The number of hydrogen-bond acceptors (Lipinski definition) is 6. The molecule has 1 N–H and O–H groups in total. The monoisotopic (exact) mass is 450 g/mol. The number of carbonyl (C=O) groups excluding carboxylic acids is 2. The number of nitriles is 1. The zero-order valence-electron chi connectivity index (χ0n) is 19.4. The number of aryl methyl sites for hydroxylation is 1. The van der Waals surface area contributed by atoms with Gasteiger partial charge < -0.3 is 24.3 Å². The van der Waals surface area contributed by atoms with Crippen molar-refractivity contribution >= 4 is 29.3 Å². The summed E-state index contributed by atoms with van der Waals surface area (Å²) >= 11 is 0. The normalized spacial score (nSPS) is 14.0. The minimum atomic E-state index is -0.824. The summed E-state index contributed by atoms with van der Waals surface area (Å²) in [6, 6.07) is 11.3. The largest absolute Gasteiger partial charge is 0.451 e. The van der Waals surface area contributed by atoms with Gasteiger partial charge in [0.2, 0.25) is 0 Å². The van der Waals surface area contributed by atoms with Gasteiger partial charge in [0.15, 0.2) is 6.61 Å². The van der Waals surface area contributed by atoms with Crippen molar-refractivity contribution in [3.8, 4) is 6.07 Å². The number of nitrogens with zero attached hydrogens (tertiary/aromatic N) is 3. The highest BCUT2D eigenvalue weighted by Crippen LogP contribution is 2.20. The highest BCUT2D eigenvalue weighted by Gasteiger charge is 2.16. The molecule has 1 aliphatic heterocycles. The second-order valence-electron chi connectivity index (χ2n) is 7.92. The third kappa shape index (κ3) is 6.24. The van der Waals surface area contributed by atoms with Crippen LogP contribution in [0.2, 0.25) is 0 Å². The number of nitrogens with one attached hydrogen (secondary N) is 1. The summed E-state index contributed by atoms with van der Waals surface area (Å²) in [6.07, 6.45) is 2.50. The van der Waals surface area contributed by atoms with Gasteiger partial charge in [-0.2, -0.15) is 5.26 Å². The van der Waals surface area contributed by atoms with E-state index in [1.807, 2.05) is 38.1 Å². The molecule has 0 saturated carbocycles. The van der Waals surface area contributed by atoms with Gasteiger partial charge in [0, 0.05) is 42.4 Å². The molecule has 1 fully saturated rings. The summed E-state index contributed by atoms with van der Waals surface area (Å²) in [5, 5.41) is 12.1. The number of anilines is 2. The lowest BCUT2D eigenvalue weighted by molar-refractivity contribution is -0.142. The van der Waals surface area contributed by atoms with Crippen molar-refractivity contribution in [1.29, 1.82) is 5.26 Å². The van der Waals surface area contributed by atoms with Crippen LogP contribution in [-0.2, 0) is 25.6 Å². The fourth-order valence-electron chi connectivity index (χ4n) is 3.82. The molecule has 0 radical (unpaired) electrons. The Hall–Kier alpha value is -3.57. The number of benzene rings is 1. The molecule has 33 heavy (non-hydrogen) atoms. The second-order valence-corrected chi connectivity index (χ2v) is 7.92. The number of carbonyl (C=O) groups is 2. The summed E-state index contributed by atoms with van der Waals surface area (Å²) in [4.78, 5) is 26.8.